The minimum atomic E-state index is -0.242. The zero-order valence-electron chi connectivity index (χ0n) is 20.5. The monoisotopic (exact) mass is 448 g/mol. The molecule has 34 heavy (non-hydrogen) atoms. The molecule has 0 unspecified atom stereocenters. The van der Waals surface area contributed by atoms with Crippen molar-refractivity contribution in [1.82, 2.24) is 28.7 Å². The first-order valence-electron chi connectivity index (χ1n) is 11.7. The molecule has 0 spiro atoms. The number of benzene rings is 3. The Labute approximate surface area is 198 Å². The fraction of sp³-hybridized carbons (Fsp3) is 0.250. The van der Waals surface area contributed by atoms with E-state index >= 15 is 0 Å². The first-order valence-corrected chi connectivity index (χ1v) is 11.7. The van der Waals surface area contributed by atoms with Crippen molar-refractivity contribution in [3.8, 4) is 0 Å². The molecule has 0 bridgehead atoms. The van der Waals surface area contributed by atoms with Crippen LogP contribution in [0, 0.1) is 41.5 Å². The molecule has 0 atom stereocenters. The summed E-state index contributed by atoms with van der Waals surface area (Å²) in [6.45, 7) is 12.6. The number of aryl methyl sites for hydroxylation is 6. The van der Waals surface area contributed by atoms with Gasteiger partial charge in [0.25, 0.3) is 0 Å². The molecule has 0 aliphatic carbocycles. The van der Waals surface area contributed by atoms with Crippen molar-refractivity contribution in [1.29, 1.82) is 0 Å². The molecule has 3 aromatic carbocycles. The highest BCUT2D eigenvalue weighted by molar-refractivity contribution is 5.81. The third-order valence-electron chi connectivity index (χ3n) is 6.76. The van der Waals surface area contributed by atoms with Crippen LogP contribution in [0.4, 0.5) is 0 Å². The van der Waals surface area contributed by atoms with Gasteiger partial charge in [-0.05, 0) is 94.6 Å². The van der Waals surface area contributed by atoms with E-state index in [0.29, 0.717) is 0 Å². The van der Waals surface area contributed by atoms with Crippen LogP contribution in [0.25, 0.3) is 33.1 Å². The van der Waals surface area contributed by atoms with Gasteiger partial charge in [-0.1, -0.05) is 18.2 Å². The summed E-state index contributed by atoms with van der Waals surface area (Å²) in [4.78, 5) is 14.9. The number of aromatic nitrogens is 6. The van der Waals surface area contributed by atoms with Crippen molar-refractivity contribution in [2.24, 2.45) is 0 Å². The summed E-state index contributed by atoms with van der Waals surface area (Å²) >= 11 is 0. The van der Waals surface area contributed by atoms with Crippen molar-refractivity contribution >= 4 is 33.1 Å². The van der Waals surface area contributed by atoms with E-state index in [4.69, 9.17) is 15.0 Å². The quantitative estimate of drug-likeness (QED) is 0.327. The second-order valence-corrected chi connectivity index (χ2v) is 9.41. The van der Waals surface area contributed by atoms with E-state index in [2.05, 4.69) is 110 Å². The number of nitrogens with zero attached hydrogens (tertiary/aromatic N) is 6. The molecule has 0 aliphatic heterocycles. The average Bonchev–Trinajstić information content (AvgIpc) is 3.38. The van der Waals surface area contributed by atoms with Gasteiger partial charge in [-0.15, -0.1) is 0 Å². The van der Waals surface area contributed by atoms with E-state index < -0.39 is 0 Å². The van der Waals surface area contributed by atoms with E-state index in [-0.39, 0.29) is 6.29 Å². The molecule has 0 saturated carbocycles. The molecule has 0 saturated heterocycles. The van der Waals surface area contributed by atoms with Gasteiger partial charge in [0.2, 0.25) is 0 Å². The van der Waals surface area contributed by atoms with Gasteiger partial charge < -0.3 is 0 Å². The predicted octanol–water partition coefficient (Wildman–Crippen LogP) is 6.14. The zero-order valence-corrected chi connectivity index (χ0v) is 20.5. The Hall–Kier alpha value is -3.93. The molecular formula is C28H28N6. The van der Waals surface area contributed by atoms with Crippen LogP contribution in [0.3, 0.4) is 0 Å². The molecule has 0 amide bonds. The summed E-state index contributed by atoms with van der Waals surface area (Å²) in [6.07, 6.45) is -0.242. The maximum absolute atomic E-state index is 4.96. The van der Waals surface area contributed by atoms with E-state index in [9.17, 15) is 0 Å². The van der Waals surface area contributed by atoms with Crippen LogP contribution in [0.15, 0.2) is 54.6 Å². The molecule has 0 aliphatic rings. The van der Waals surface area contributed by atoms with E-state index in [0.717, 1.165) is 50.6 Å². The van der Waals surface area contributed by atoms with E-state index in [1.807, 2.05) is 0 Å². The fourth-order valence-electron chi connectivity index (χ4n) is 5.21. The zero-order chi connectivity index (χ0) is 23.7. The summed E-state index contributed by atoms with van der Waals surface area (Å²) in [7, 11) is 0. The number of fused-ring (bicyclic) bond motifs is 3. The first kappa shape index (κ1) is 20.7. The van der Waals surface area contributed by atoms with Crippen molar-refractivity contribution in [2.45, 2.75) is 47.8 Å². The summed E-state index contributed by atoms with van der Waals surface area (Å²) in [5, 5.41) is 0. The second kappa shape index (κ2) is 7.29. The molecule has 3 heterocycles. The number of hydrogen-bond donors (Lipinski definition) is 0. The normalized spacial score (nSPS) is 12.1. The minimum Gasteiger partial charge on any atom is -0.288 e. The van der Waals surface area contributed by atoms with Crippen LogP contribution in [-0.2, 0) is 0 Å². The largest absolute Gasteiger partial charge is 0.288 e. The Balaban J connectivity index is 1.76. The molecule has 0 radical (unpaired) electrons. The number of imidazole rings is 3. The maximum atomic E-state index is 4.96. The number of hydrogen-bond acceptors (Lipinski definition) is 3. The smallest absolute Gasteiger partial charge is 0.197 e. The van der Waals surface area contributed by atoms with Gasteiger partial charge in [0.15, 0.2) is 6.29 Å². The molecule has 0 N–H and O–H groups in total. The maximum Gasteiger partial charge on any atom is 0.197 e. The molecule has 6 aromatic rings. The Morgan fingerprint density at radius 2 is 0.765 bits per heavy atom. The molecule has 3 aromatic heterocycles. The molecule has 6 heteroatoms. The van der Waals surface area contributed by atoms with Gasteiger partial charge >= 0.3 is 0 Å². The van der Waals surface area contributed by atoms with Crippen LogP contribution in [-0.4, -0.2) is 28.7 Å². The Bertz CT molecular complexity index is 1520. The first-order chi connectivity index (χ1) is 16.3. The minimum absolute atomic E-state index is 0.242. The lowest BCUT2D eigenvalue weighted by Crippen LogP contribution is -2.28. The summed E-state index contributed by atoms with van der Waals surface area (Å²) < 4.78 is 6.95. The third-order valence-corrected chi connectivity index (χ3v) is 6.76. The standard InChI is InChI=1S/C28H28N6/c1-16-7-10-25-22(13-16)29-19(4)32(25)28(33-20(5)30-23-14-17(2)8-11-26(23)33)34-21(6)31-24-15-18(3)9-12-27(24)34/h7-15,28H,1-6H3. The Morgan fingerprint density at radius 3 is 1.06 bits per heavy atom. The predicted molar refractivity (Wildman–Crippen MR) is 137 cm³/mol. The Kier molecular flexibility index (Phi) is 4.43. The van der Waals surface area contributed by atoms with Crippen molar-refractivity contribution in [3.05, 3.63) is 88.8 Å². The van der Waals surface area contributed by atoms with Gasteiger partial charge in [0.1, 0.15) is 17.5 Å². The van der Waals surface area contributed by atoms with Crippen molar-refractivity contribution in [3.63, 3.8) is 0 Å². The van der Waals surface area contributed by atoms with E-state index in [1.54, 1.807) is 0 Å². The van der Waals surface area contributed by atoms with E-state index in [1.165, 1.54) is 16.7 Å². The second-order valence-electron chi connectivity index (χ2n) is 9.41. The average molecular weight is 449 g/mol. The Morgan fingerprint density at radius 1 is 0.471 bits per heavy atom. The summed E-state index contributed by atoms with van der Waals surface area (Å²) in [6, 6.07) is 19.4. The lowest BCUT2D eigenvalue weighted by atomic mass is 10.2. The molecule has 6 rings (SSSR count). The summed E-state index contributed by atoms with van der Waals surface area (Å²) in [5.74, 6) is 2.85. The van der Waals surface area contributed by atoms with Crippen LogP contribution in [0.5, 0.6) is 0 Å². The van der Waals surface area contributed by atoms with Crippen LogP contribution < -0.4 is 0 Å². The lowest BCUT2D eigenvalue weighted by molar-refractivity contribution is 0.375. The fourth-order valence-corrected chi connectivity index (χ4v) is 5.21. The van der Waals surface area contributed by atoms with Crippen molar-refractivity contribution in [2.75, 3.05) is 0 Å². The number of rotatable bonds is 3. The van der Waals surface area contributed by atoms with Gasteiger partial charge in [-0.2, -0.15) is 0 Å². The van der Waals surface area contributed by atoms with Gasteiger partial charge in [0.05, 0.1) is 33.1 Å². The van der Waals surface area contributed by atoms with Crippen LogP contribution in [0.1, 0.15) is 40.5 Å². The SMILES string of the molecule is Cc1ccc2c(c1)nc(C)n2C(n1c(C)nc2cc(C)ccc21)n1c(C)nc2cc(C)ccc21. The third kappa shape index (κ3) is 2.98. The highest BCUT2D eigenvalue weighted by Crippen LogP contribution is 2.32. The molecular weight excluding hydrogens is 420 g/mol. The molecule has 6 nitrogen and oxygen atoms in total. The van der Waals surface area contributed by atoms with Crippen LogP contribution in [0.2, 0.25) is 0 Å². The summed E-state index contributed by atoms with van der Waals surface area (Å²) in [5.41, 5.74) is 9.88. The van der Waals surface area contributed by atoms with Gasteiger partial charge in [0, 0.05) is 0 Å². The highest BCUT2D eigenvalue weighted by Gasteiger charge is 2.27. The van der Waals surface area contributed by atoms with Gasteiger partial charge in [-0.25, -0.2) is 15.0 Å². The lowest BCUT2D eigenvalue weighted by Gasteiger charge is -2.27. The molecule has 170 valence electrons. The van der Waals surface area contributed by atoms with Gasteiger partial charge in [-0.3, -0.25) is 13.7 Å². The van der Waals surface area contributed by atoms with Crippen molar-refractivity contribution < 1.29 is 0 Å². The highest BCUT2D eigenvalue weighted by atomic mass is 15.4. The molecule has 0 fully saturated rings. The van der Waals surface area contributed by atoms with Crippen LogP contribution >= 0.6 is 0 Å². The topological polar surface area (TPSA) is 53.5 Å².